The van der Waals surface area contributed by atoms with Crippen LogP contribution in [0, 0.1) is 6.92 Å². The fourth-order valence-electron chi connectivity index (χ4n) is 1.25. The highest BCUT2D eigenvalue weighted by atomic mass is 35.5. The van der Waals surface area contributed by atoms with Crippen LogP contribution in [0.2, 0.25) is 5.02 Å². The van der Waals surface area contributed by atoms with E-state index in [-0.39, 0.29) is 0 Å². The van der Waals surface area contributed by atoms with Gasteiger partial charge in [-0.15, -0.1) is 0 Å². The van der Waals surface area contributed by atoms with Gasteiger partial charge in [-0.3, -0.25) is 0 Å². The molecule has 0 aromatic heterocycles. The first-order chi connectivity index (χ1) is 7.75. The Kier molecular flexibility index (Phi) is 3.32. The van der Waals surface area contributed by atoms with Gasteiger partial charge in [-0.25, -0.2) is 0 Å². The fraction of sp³-hybridized carbons (Fsp3) is 0.0769. The Hall–Kier alpha value is -1.67. The Morgan fingerprint density at radius 3 is 2.25 bits per heavy atom. The molecule has 0 bridgehead atoms. The standard InChI is InChI=1S/C13H11ClN2/c1-10-7-8-12(9-13(10)14)16-15-11-5-3-2-4-6-11/h2-9H,1H3. The van der Waals surface area contributed by atoms with Crippen LogP contribution in [-0.4, -0.2) is 0 Å². The Balaban J connectivity index is 2.21. The predicted molar refractivity (Wildman–Crippen MR) is 66.8 cm³/mol. The van der Waals surface area contributed by atoms with Gasteiger partial charge in [-0.1, -0.05) is 35.9 Å². The summed E-state index contributed by atoms with van der Waals surface area (Å²) in [5.41, 5.74) is 2.64. The maximum atomic E-state index is 5.99. The van der Waals surface area contributed by atoms with Crippen molar-refractivity contribution < 1.29 is 0 Å². The summed E-state index contributed by atoms with van der Waals surface area (Å²) in [6, 6.07) is 15.2. The lowest BCUT2D eigenvalue weighted by molar-refractivity contribution is 1.23. The molecule has 0 aliphatic heterocycles. The SMILES string of the molecule is Cc1ccc(N=Nc2ccccc2)cc1Cl. The van der Waals surface area contributed by atoms with Gasteiger partial charge < -0.3 is 0 Å². The second kappa shape index (κ2) is 4.90. The number of nitrogens with zero attached hydrogens (tertiary/aromatic N) is 2. The minimum Gasteiger partial charge on any atom is -0.151 e. The molecule has 0 N–H and O–H groups in total. The number of aryl methyl sites for hydroxylation is 1. The number of hydrogen-bond donors (Lipinski definition) is 0. The van der Waals surface area contributed by atoms with Gasteiger partial charge in [0.25, 0.3) is 0 Å². The van der Waals surface area contributed by atoms with E-state index in [0.717, 1.165) is 16.9 Å². The van der Waals surface area contributed by atoms with Gasteiger partial charge in [0.05, 0.1) is 11.4 Å². The van der Waals surface area contributed by atoms with E-state index in [0.29, 0.717) is 5.02 Å². The van der Waals surface area contributed by atoms with Gasteiger partial charge in [0.1, 0.15) is 0 Å². The summed E-state index contributed by atoms with van der Waals surface area (Å²) in [5, 5.41) is 8.95. The van der Waals surface area contributed by atoms with Crippen LogP contribution in [0.25, 0.3) is 0 Å². The summed E-state index contributed by atoms with van der Waals surface area (Å²) < 4.78 is 0. The molecule has 0 fully saturated rings. The van der Waals surface area contributed by atoms with Gasteiger partial charge in [-0.2, -0.15) is 10.2 Å². The van der Waals surface area contributed by atoms with Crippen LogP contribution >= 0.6 is 11.6 Å². The Morgan fingerprint density at radius 1 is 0.875 bits per heavy atom. The zero-order valence-electron chi connectivity index (χ0n) is 8.89. The minimum atomic E-state index is 0.713. The van der Waals surface area contributed by atoms with Crippen molar-refractivity contribution >= 4 is 23.0 Å². The van der Waals surface area contributed by atoms with E-state index in [1.165, 1.54) is 0 Å². The van der Waals surface area contributed by atoms with Crippen molar-refractivity contribution in [2.24, 2.45) is 10.2 Å². The number of azo groups is 1. The van der Waals surface area contributed by atoms with Crippen molar-refractivity contribution in [3.63, 3.8) is 0 Å². The molecule has 0 saturated heterocycles. The molecule has 0 atom stereocenters. The number of hydrogen-bond acceptors (Lipinski definition) is 2. The van der Waals surface area contributed by atoms with E-state index in [9.17, 15) is 0 Å². The summed E-state index contributed by atoms with van der Waals surface area (Å²) in [6.45, 7) is 1.96. The van der Waals surface area contributed by atoms with Gasteiger partial charge >= 0.3 is 0 Å². The van der Waals surface area contributed by atoms with Crippen molar-refractivity contribution in [1.29, 1.82) is 0 Å². The highest BCUT2D eigenvalue weighted by Crippen LogP contribution is 2.23. The second-order valence-electron chi connectivity index (χ2n) is 3.47. The Morgan fingerprint density at radius 2 is 1.56 bits per heavy atom. The normalized spacial score (nSPS) is 10.9. The molecule has 0 aliphatic rings. The maximum Gasteiger partial charge on any atom is 0.0872 e. The van der Waals surface area contributed by atoms with E-state index in [4.69, 9.17) is 11.6 Å². The third kappa shape index (κ3) is 2.67. The van der Waals surface area contributed by atoms with Crippen molar-refractivity contribution in [1.82, 2.24) is 0 Å². The second-order valence-corrected chi connectivity index (χ2v) is 3.88. The number of halogens is 1. The smallest absolute Gasteiger partial charge is 0.0872 e. The monoisotopic (exact) mass is 230 g/mol. The number of benzene rings is 2. The van der Waals surface area contributed by atoms with Crippen LogP contribution in [-0.2, 0) is 0 Å². The zero-order chi connectivity index (χ0) is 11.4. The van der Waals surface area contributed by atoms with Crippen LogP contribution in [0.5, 0.6) is 0 Å². The van der Waals surface area contributed by atoms with Crippen LogP contribution in [0.4, 0.5) is 11.4 Å². The van der Waals surface area contributed by atoms with Crippen LogP contribution in [0.3, 0.4) is 0 Å². The first kappa shape index (κ1) is 10.8. The molecule has 0 saturated carbocycles. The van der Waals surface area contributed by atoms with Crippen molar-refractivity contribution in [2.75, 3.05) is 0 Å². The van der Waals surface area contributed by atoms with Crippen LogP contribution in [0.1, 0.15) is 5.56 Å². The molecule has 0 aliphatic carbocycles. The molecule has 2 rings (SSSR count). The number of rotatable bonds is 2. The zero-order valence-corrected chi connectivity index (χ0v) is 9.65. The third-order valence-electron chi connectivity index (χ3n) is 2.19. The lowest BCUT2D eigenvalue weighted by Crippen LogP contribution is -1.72. The largest absolute Gasteiger partial charge is 0.151 e. The first-order valence-corrected chi connectivity index (χ1v) is 5.36. The molecule has 0 spiro atoms. The molecule has 80 valence electrons. The highest BCUT2D eigenvalue weighted by Gasteiger charge is 1.96. The predicted octanol–water partition coefficient (Wildman–Crippen LogP) is 5.06. The molecule has 0 unspecified atom stereocenters. The molecule has 0 radical (unpaired) electrons. The lowest BCUT2D eigenvalue weighted by Gasteiger charge is -1.97. The van der Waals surface area contributed by atoms with E-state index >= 15 is 0 Å². The highest BCUT2D eigenvalue weighted by molar-refractivity contribution is 6.31. The lowest BCUT2D eigenvalue weighted by atomic mass is 10.2. The first-order valence-electron chi connectivity index (χ1n) is 4.98. The Bertz CT molecular complexity index is 507. The van der Waals surface area contributed by atoms with E-state index in [2.05, 4.69) is 10.2 Å². The van der Waals surface area contributed by atoms with Gasteiger partial charge in [0.15, 0.2) is 0 Å². The van der Waals surface area contributed by atoms with Gasteiger partial charge in [-0.05, 0) is 36.8 Å². The molecule has 2 aromatic carbocycles. The van der Waals surface area contributed by atoms with Crippen molar-refractivity contribution in [3.05, 3.63) is 59.1 Å². The molecule has 16 heavy (non-hydrogen) atoms. The van der Waals surface area contributed by atoms with Crippen LogP contribution in [0.15, 0.2) is 58.8 Å². The maximum absolute atomic E-state index is 5.99. The van der Waals surface area contributed by atoms with Crippen LogP contribution < -0.4 is 0 Å². The van der Waals surface area contributed by atoms with Gasteiger partial charge in [0, 0.05) is 5.02 Å². The summed E-state index contributed by atoms with van der Waals surface area (Å²) in [5.74, 6) is 0. The molecule has 2 nitrogen and oxygen atoms in total. The van der Waals surface area contributed by atoms with Crippen molar-refractivity contribution in [2.45, 2.75) is 6.92 Å². The van der Waals surface area contributed by atoms with Gasteiger partial charge in [0.2, 0.25) is 0 Å². The Labute approximate surface area is 99.6 Å². The van der Waals surface area contributed by atoms with E-state index < -0.39 is 0 Å². The summed E-state index contributed by atoms with van der Waals surface area (Å²) in [7, 11) is 0. The van der Waals surface area contributed by atoms with E-state index in [1.807, 2.05) is 55.5 Å². The quantitative estimate of drug-likeness (QED) is 0.644. The van der Waals surface area contributed by atoms with Crippen molar-refractivity contribution in [3.8, 4) is 0 Å². The molecule has 2 aromatic rings. The summed E-state index contributed by atoms with van der Waals surface area (Å²) in [6.07, 6.45) is 0. The summed E-state index contributed by atoms with van der Waals surface area (Å²) in [4.78, 5) is 0. The molecule has 0 heterocycles. The molecular formula is C13H11ClN2. The molecule has 3 heteroatoms. The topological polar surface area (TPSA) is 24.7 Å². The minimum absolute atomic E-state index is 0.713. The summed E-state index contributed by atoms with van der Waals surface area (Å²) >= 11 is 5.99. The molecule has 0 amide bonds. The molecular weight excluding hydrogens is 220 g/mol. The third-order valence-corrected chi connectivity index (χ3v) is 2.60. The average molecular weight is 231 g/mol. The fourth-order valence-corrected chi connectivity index (χ4v) is 1.43. The van der Waals surface area contributed by atoms with E-state index in [1.54, 1.807) is 0 Å². The average Bonchev–Trinajstić information content (AvgIpc) is 2.32.